The summed E-state index contributed by atoms with van der Waals surface area (Å²) in [6.07, 6.45) is 0.0819. The molecule has 0 fully saturated rings. The molecule has 1 N–H and O–H groups in total. The molecule has 0 bridgehead atoms. The first-order valence-electron chi connectivity index (χ1n) is 9.55. The van der Waals surface area contributed by atoms with Crippen LogP contribution in [-0.2, 0) is 27.2 Å². The summed E-state index contributed by atoms with van der Waals surface area (Å²) in [6, 6.07) is 15.7. The average molecular weight is 409 g/mol. The Hall–Kier alpha value is -2.99. The zero-order chi connectivity index (χ0) is 20.8. The molecule has 150 valence electrons. The van der Waals surface area contributed by atoms with Gasteiger partial charge in [-0.1, -0.05) is 42.8 Å². The number of hydrogen-bond donors (Lipinski definition) is 1. The third kappa shape index (κ3) is 5.74. The summed E-state index contributed by atoms with van der Waals surface area (Å²) in [7, 11) is 0. The van der Waals surface area contributed by atoms with Crippen molar-refractivity contribution in [2.24, 2.45) is 0 Å². The Labute approximate surface area is 174 Å². The van der Waals surface area contributed by atoms with Crippen molar-refractivity contribution in [1.82, 2.24) is 4.98 Å². The van der Waals surface area contributed by atoms with Crippen LogP contribution >= 0.6 is 11.3 Å². The van der Waals surface area contributed by atoms with Crippen molar-refractivity contribution in [3.8, 4) is 10.6 Å². The van der Waals surface area contributed by atoms with E-state index in [9.17, 15) is 9.59 Å². The van der Waals surface area contributed by atoms with Crippen LogP contribution in [0.25, 0.3) is 10.6 Å². The number of ether oxygens (including phenoxy) is 1. The molecule has 0 radical (unpaired) electrons. The van der Waals surface area contributed by atoms with Crippen molar-refractivity contribution in [2.75, 3.05) is 5.32 Å². The molecule has 0 aliphatic carbocycles. The van der Waals surface area contributed by atoms with Crippen LogP contribution in [0.5, 0.6) is 0 Å². The summed E-state index contributed by atoms with van der Waals surface area (Å²) < 4.78 is 5.28. The number of carbonyl (C=O) groups excluding carboxylic acids is 2. The highest BCUT2D eigenvalue weighted by atomic mass is 32.1. The van der Waals surface area contributed by atoms with Gasteiger partial charge in [0.05, 0.1) is 12.1 Å². The molecule has 0 aliphatic heterocycles. The van der Waals surface area contributed by atoms with Crippen LogP contribution < -0.4 is 5.32 Å². The molecule has 2 aromatic carbocycles. The summed E-state index contributed by atoms with van der Waals surface area (Å²) in [5.41, 5.74) is 4.69. The van der Waals surface area contributed by atoms with Crippen LogP contribution in [0.2, 0.25) is 0 Å². The molecule has 5 nitrogen and oxygen atoms in total. The lowest BCUT2D eigenvalue weighted by Gasteiger charge is -2.13. The second-order valence-corrected chi connectivity index (χ2v) is 7.72. The highest BCUT2D eigenvalue weighted by Crippen LogP contribution is 2.24. The van der Waals surface area contributed by atoms with E-state index < -0.39 is 12.1 Å². The number of amides is 1. The maximum absolute atomic E-state index is 12.3. The molecule has 0 aliphatic rings. The van der Waals surface area contributed by atoms with E-state index in [1.54, 1.807) is 6.92 Å². The number of thiazole rings is 1. The number of hydrogen-bond acceptors (Lipinski definition) is 5. The fourth-order valence-electron chi connectivity index (χ4n) is 2.81. The van der Waals surface area contributed by atoms with E-state index in [2.05, 4.69) is 23.3 Å². The van der Waals surface area contributed by atoms with Crippen LogP contribution in [0.15, 0.2) is 53.9 Å². The topological polar surface area (TPSA) is 68.3 Å². The van der Waals surface area contributed by atoms with E-state index in [4.69, 9.17) is 4.74 Å². The van der Waals surface area contributed by atoms with E-state index >= 15 is 0 Å². The van der Waals surface area contributed by atoms with Crippen LogP contribution in [0.1, 0.15) is 30.7 Å². The van der Waals surface area contributed by atoms with Crippen LogP contribution in [0, 0.1) is 6.92 Å². The lowest BCUT2D eigenvalue weighted by molar-refractivity contribution is -0.152. The molecule has 1 atom stereocenters. The van der Waals surface area contributed by atoms with Crippen molar-refractivity contribution in [2.45, 2.75) is 39.7 Å². The quantitative estimate of drug-likeness (QED) is 0.571. The Morgan fingerprint density at radius 1 is 1.17 bits per heavy atom. The Kier molecular flexibility index (Phi) is 6.77. The number of nitrogens with one attached hydrogen (secondary N) is 1. The third-order valence-electron chi connectivity index (χ3n) is 4.45. The fourth-order valence-corrected chi connectivity index (χ4v) is 3.62. The molecule has 1 aromatic heterocycles. The molecular weight excluding hydrogens is 384 g/mol. The summed E-state index contributed by atoms with van der Waals surface area (Å²) in [6.45, 7) is 5.66. The van der Waals surface area contributed by atoms with Gasteiger partial charge in [0.2, 0.25) is 0 Å². The number of carbonyl (C=O) groups is 2. The van der Waals surface area contributed by atoms with Crippen molar-refractivity contribution < 1.29 is 14.3 Å². The average Bonchev–Trinajstić information content (AvgIpc) is 3.16. The number of nitrogens with zero attached hydrogens (tertiary/aromatic N) is 1. The first-order valence-corrected chi connectivity index (χ1v) is 10.4. The van der Waals surface area contributed by atoms with Crippen molar-refractivity contribution in [3.05, 3.63) is 70.7 Å². The molecule has 3 rings (SSSR count). The minimum Gasteiger partial charge on any atom is -0.452 e. The molecule has 0 spiro atoms. The molecule has 0 unspecified atom stereocenters. The van der Waals surface area contributed by atoms with E-state index in [0.29, 0.717) is 11.4 Å². The lowest BCUT2D eigenvalue weighted by Crippen LogP contribution is -2.30. The van der Waals surface area contributed by atoms with Gasteiger partial charge in [-0.3, -0.25) is 9.59 Å². The molecule has 0 saturated heterocycles. The lowest BCUT2D eigenvalue weighted by atomic mass is 10.1. The predicted octanol–water partition coefficient (Wildman–Crippen LogP) is 4.79. The molecule has 3 aromatic rings. The first kappa shape index (κ1) is 20.7. The van der Waals surface area contributed by atoms with Gasteiger partial charge in [0.15, 0.2) is 6.10 Å². The van der Waals surface area contributed by atoms with Crippen molar-refractivity contribution in [1.29, 1.82) is 0 Å². The Morgan fingerprint density at radius 3 is 2.62 bits per heavy atom. The Bertz CT molecular complexity index is 995. The molecule has 0 saturated carbocycles. The smallest absolute Gasteiger partial charge is 0.312 e. The van der Waals surface area contributed by atoms with E-state index in [0.717, 1.165) is 22.6 Å². The van der Waals surface area contributed by atoms with Gasteiger partial charge in [-0.25, -0.2) is 4.98 Å². The van der Waals surface area contributed by atoms with Gasteiger partial charge in [-0.2, -0.15) is 0 Å². The summed E-state index contributed by atoms with van der Waals surface area (Å²) >= 11 is 1.49. The van der Waals surface area contributed by atoms with Crippen molar-refractivity contribution in [3.63, 3.8) is 0 Å². The molecule has 6 heteroatoms. The van der Waals surface area contributed by atoms with Gasteiger partial charge in [0.25, 0.3) is 5.91 Å². The highest BCUT2D eigenvalue weighted by molar-refractivity contribution is 7.13. The molecule has 1 heterocycles. The van der Waals surface area contributed by atoms with E-state index in [1.807, 2.05) is 54.8 Å². The zero-order valence-corrected chi connectivity index (χ0v) is 17.6. The zero-order valence-electron chi connectivity index (χ0n) is 16.8. The summed E-state index contributed by atoms with van der Waals surface area (Å²) in [4.78, 5) is 29.0. The third-order valence-corrected chi connectivity index (χ3v) is 5.39. The first-order chi connectivity index (χ1) is 13.9. The van der Waals surface area contributed by atoms with Crippen LogP contribution in [0.3, 0.4) is 0 Å². The molecular formula is C23H24N2O3S. The van der Waals surface area contributed by atoms with Gasteiger partial charge in [0, 0.05) is 16.6 Å². The Morgan fingerprint density at radius 2 is 1.93 bits per heavy atom. The number of anilines is 1. The number of aromatic nitrogens is 1. The maximum Gasteiger partial charge on any atom is 0.312 e. The number of rotatable bonds is 7. The fraction of sp³-hybridized carbons (Fsp3) is 0.261. The minimum atomic E-state index is -0.886. The number of aryl methyl sites for hydroxylation is 2. The van der Waals surface area contributed by atoms with Gasteiger partial charge in [0.1, 0.15) is 5.01 Å². The van der Waals surface area contributed by atoms with Crippen LogP contribution in [-0.4, -0.2) is 23.0 Å². The standard InChI is InChI=1S/C23H24N2O3S/c1-4-17-8-10-19(11-9-17)24-22(27)16(3)28-21(26)13-20-14-29-23(25-20)18-7-5-6-15(2)12-18/h5-12,14,16H,4,13H2,1-3H3,(H,24,27)/t16-/m1/s1. The summed E-state index contributed by atoms with van der Waals surface area (Å²) in [5.74, 6) is -0.837. The van der Waals surface area contributed by atoms with Gasteiger partial charge >= 0.3 is 5.97 Å². The van der Waals surface area contributed by atoms with Crippen molar-refractivity contribution >= 4 is 28.9 Å². The molecule has 1 amide bonds. The highest BCUT2D eigenvalue weighted by Gasteiger charge is 2.19. The minimum absolute atomic E-state index is 0.0329. The summed E-state index contributed by atoms with van der Waals surface area (Å²) in [5, 5.41) is 5.47. The van der Waals surface area contributed by atoms with Crippen LogP contribution in [0.4, 0.5) is 5.69 Å². The second kappa shape index (κ2) is 9.47. The van der Waals surface area contributed by atoms with Gasteiger partial charge < -0.3 is 10.1 Å². The Balaban J connectivity index is 1.53. The second-order valence-electron chi connectivity index (χ2n) is 6.86. The maximum atomic E-state index is 12.3. The SMILES string of the molecule is CCc1ccc(NC(=O)[C@@H](C)OC(=O)Cc2csc(-c3cccc(C)c3)n2)cc1. The van der Waals surface area contributed by atoms with Gasteiger partial charge in [-0.15, -0.1) is 11.3 Å². The number of esters is 1. The number of benzene rings is 2. The monoisotopic (exact) mass is 408 g/mol. The normalized spacial score (nSPS) is 11.7. The van der Waals surface area contributed by atoms with E-state index in [-0.39, 0.29) is 12.3 Å². The predicted molar refractivity (Wildman–Crippen MR) is 116 cm³/mol. The van der Waals surface area contributed by atoms with E-state index in [1.165, 1.54) is 16.9 Å². The van der Waals surface area contributed by atoms with Gasteiger partial charge in [-0.05, 0) is 44.0 Å². The molecule has 29 heavy (non-hydrogen) atoms. The largest absolute Gasteiger partial charge is 0.452 e.